The Bertz CT molecular complexity index is 729. The number of rotatable bonds is 5. The standard InChI is InChI=1S/C17H19N3O3/c1-12-6-7-15(23-12)17(2,22)11-20-16(21)19-10-14-5-3-4-13(8-14)9-18/h3-8,22H,10-11H2,1-2H3,(H2,19,20,21)/t17-/m1/s1. The van der Waals surface area contributed by atoms with Gasteiger partial charge in [0.1, 0.15) is 17.1 Å². The zero-order chi connectivity index (χ0) is 16.9. The fourth-order valence-corrected chi connectivity index (χ4v) is 2.06. The average molecular weight is 313 g/mol. The van der Waals surface area contributed by atoms with E-state index in [1.54, 1.807) is 44.2 Å². The number of hydrogen-bond acceptors (Lipinski definition) is 4. The van der Waals surface area contributed by atoms with E-state index in [1.807, 2.05) is 12.1 Å². The molecule has 23 heavy (non-hydrogen) atoms. The highest BCUT2D eigenvalue weighted by atomic mass is 16.4. The summed E-state index contributed by atoms with van der Waals surface area (Å²) in [5, 5.41) is 24.4. The molecule has 2 amide bonds. The van der Waals surface area contributed by atoms with Crippen molar-refractivity contribution in [2.45, 2.75) is 26.0 Å². The summed E-state index contributed by atoms with van der Waals surface area (Å²) in [6, 6.07) is 12.1. The molecule has 3 N–H and O–H groups in total. The SMILES string of the molecule is Cc1ccc([C@](C)(O)CNC(=O)NCc2cccc(C#N)c2)o1. The number of nitrogens with one attached hydrogen (secondary N) is 2. The molecule has 0 saturated carbocycles. The maximum atomic E-state index is 11.8. The van der Waals surface area contributed by atoms with Crippen molar-refractivity contribution in [1.82, 2.24) is 10.6 Å². The van der Waals surface area contributed by atoms with Gasteiger partial charge in [-0.1, -0.05) is 12.1 Å². The average Bonchev–Trinajstić information content (AvgIpc) is 2.98. The first-order valence-electron chi connectivity index (χ1n) is 7.21. The Hall–Kier alpha value is -2.78. The molecule has 1 aromatic carbocycles. The molecule has 6 heteroatoms. The van der Waals surface area contributed by atoms with Crippen molar-refractivity contribution < 1.29 is 14.3 Å². The van der Waals surface area contributed by atoms with Gasteiger partial charge in [0.15, 0.2) is 0 Å². The van der Waals surface area contributed by atoms with Gasteiger partial charge in [0.2, 0.25) is 0 Å². The number of benzene rings is 1. The van der Waals surface area contributed by atoms with Gasteiger partial charge in [-0.2, -0.15) is 5.26 Å². The minimum atomic E-state index is -1.29. The third kappa shape index (κ3) is 4.59. The van der Waals surface area contributed by atoms with Crippen molar-refractivity contribution in [2.24, 2.45) is 0 Å². The molecule has 0 aliphatic carbocycles. The highest BCUT2D eigenvalue weighted by molar-refractivity contribution is 5.73. The summed E-state index contributed by atoms with van der Waals surface area (Å²) in [7, 11) is 0. The Morgan fingerprint density at radius 3 is 2.78 bits per heavy atom. The van der Waals surface area contributed by atoms with Crippen molar-refractivity contribution in [2.75, 3.05) is 6.54 Å². The lowest BCUT2D eigenvalue weighted by Crippen LogP contribution is -2.43. The highest BCUT2D eigenvalue weighted by Crippen LogP contribution is 2.21. The molecule has 0 fully saturated rings. The molecule has 0 aliphatic rings. The first-order chi connectivity index (χ1) is 10.9. The molecule has 2 rings (SSSR count). The highest BCUT2D eigenvalue weighted by Gasteiger charge is 2.27. The van der Waals surface area contributed by atoms with Crippen LogP contribution in [0.1, 0.15) is 29.6 Å². The van der Waals surface area contributed by atoms with E-state index in [2.05, 4.69) is 10.6 Å². The molecule has 0 unspecified atom stereocenters. The quantitative estimate of drug-likeness (QED) is 0.788. The van der Waals surface area contributed by atoms with Crippen LogP contribution in [0.3, 0.4) is 0 Å². The molecular formula is C17H19N3O3. The number of nitrogens with zero attached hydrogens (tertiary/aromatic N) is 1. The van der Waals surface area contributed by atoms with Gasteiger partial charge in [0, 0.05) is 6.54 Å². The summed E-state index contributed by atoms with van der Waals surface area (Å²) >= 11 is 0. The number of carbonyl (C=O) groups is 1. The van der Waals surface area contributed by atoms with Crippen LogP contribution in [0.25, 0.3) is 0 Å². The number of aryl methyl sites for hydroxylation is 1. The second kappa shape index (κ2) is 6.99. The van der Waals surface area contributed by atoms with Crippen molar-refractivity contribution in [1.29, 1.82) is 5.26 Å². The minimum absolute atomic E-state index is 0.0179. The molecule has 0 aliphatic heterocycles. The van der Waals surface area contributed by atoms with Crippen LogP contribution in [0.5, 0.6) is 0 Å². The van der Waals surface area contributed by atoms with E-state index in [4.69, 9.17) is 9.68 Å². The predicted octanol–water partition coefficient (Wildman–Crippen LogP) is 2.17. The van der Waals surface area contributed by atoms with Gasteiger partial charge in [0.25, 0.3) is 0 Å². The molecule has 0 spiro atoms. The number of amides is 2. The van der Waals surface area contributed by atoms with Crippen molar-refractivity contribution in [3.8, 4) is 6.07 Å². The lowest BCUT2D eigenvalue weighted by molar-refractivity contribution is 0.0360. The number of carbonyl (C=O) groups excluding carboxylic acids is 1. The molecule has 0 saturated heterocycles. The summed E-state index contributed by atoms with van der Waals surface area (Å²) < 4.78 is 5.38. The lowest BCUT2D eigenvalue weighted by atomic mass is 10.0. The van der Waals surface area contributed by atoms with Crippen molar-refractivity contribution >= 4 is 6.03 Å². The minimum Gasteiger partial charge on any atom is -0.463 e. The van der Waals surface area contributed by atoms with Crippen LogP contribution < -0.4 is 10.6 Å². The van der Waals surface area contributed by atoms with E-state index in [1.165, 1.54) is 0 Å². The number of furan rings is 1. The smallest absolute Gasteiger partial charge is 0.315 e. The molecule has 1 atom stereocenters. The fraction of sp³-hybridized carbons (Fsp3) is 0.294. The number of nitriles is 1. The fourth-order valence-electron chi connectivity index (χ4n) is 2.06. The normalized spacial score (nSPS) is 13.0. The summed E-state index contributed by atoms with van der Waals surface area (Å²) in [6.07, 6.45) is 0. The van der Waals surface area contributed by atoms with Gasteiger partial charge in [-0.3, -0.25) is 0 Å². The van der Waals surface area contributed by atoms with Gasteiger partial charge in [-0.15, -0.1) is 0 Å². The summed E-state index contributed by atoms with van der Waals surface area (Å²) in [5.74, 6) is 1.10. The largest absolute Gasteiger partial charge is 0.463 e. The predicted molar refractivity (Wildman–Crippen MR) is 84.4 cm³/mol. The summed E-state index contributed by atoms with van der Waals surface area (Å²) in [6.45, 7) is 3.67. The van der Waals surface area contributed by atoms with E-state index in [9.17, 15) is 9.90 Å². The second-order valence-corrected chi connectivity index (χ2v) is 5.53. The first kappa shape index (κ1) is 16.6. The summed E-state index contributed by atoms with van der Waals surface area (Å²) in [5.41, 5.74) is 0.0835. The van der Waals surface area contributed by atoms with E-state index in [0.717, 1.165) is 5.56 Å². The molecule has 1 aromatic heterocycles. The molecule has 0 radical (unpaired) electrons. The molecule has 2 aromatic rings. The third-order valence-electron chi connectivity index (χ3n) is 3.37. The topological polar surface area (TPSA) is 98.3 Å². The maximum Gasteiger partial charge on any atom is 0.315 e. The van der Waals surface area contributed by atoms with Crippen molar-refractivity contribution in [3.05, 3.63) is 59.0 Å². The monoisotopic (exact) mass is 313 g/mol. The Morgan fingerprint density at radius 1 is 1.35 bits per heavy atom. The Labute approximate surface area is 134 Å². The van der Waals surface area contributed by atoms with Gasteiger partial charge in [-0.25, -0.2) is 4.79 Å². The third-order valence-corrected chi connectivity index (χ3v) is 3.37. The molecular weight excluding hydrogens is 294 g/mol. The van der Waals surface area contributed by atoms with Crippen LogP contribution in [0.4, 0.5) is 4.79 Å². The van der Waals surface area contributed by atoms with Crippen LogP contribution in [0.2, 0.25) is 0 Å². The van der Waals surface area contributed by atoms with E-state index >= 15 is 0 Å². The van der Waals surface area contributed by atoms with Gasteiger partial charge < -0.3 is 20.2 Å². The van der Waals surface area contributed by atoms with Crippen molar-refractivity contribution in [3.63, 3.8) is 0 Å². The molecule has 120 valence electrons. The van der Waals surface area contributed by atoms with Gasteiger partial charge in [0.05, 0.1) is 18.2 Å². The number of aliphatic hydroxyl groups is 1. The molecule has 1 heterocycles. The van der Waals surface area contributed by atoms with Crippen LogP contribution in [0, 0.1) is 18.3 Å². The first-order valence-corrected chi connectivity index (χ1v) is 7.21. The van der Waals surface area contributed by atoms with Crippen LogP contribution >= 0.6 is 0 Å². The second-order valence-electron chi connectivity index (χ2n) is 5.53. The van der Waals surface area contributed by atoms with E-state index in [-0.39, 0.29) is 6.54 Å². The van der Waals surface area contributed by atoms with Gasteiger partial charge in [-0.05, 0) is 43.7 Å². The maximum absolute atomic E-state index is 11.8. The Kier molecular flexibility index (Phi) is 5.04. The summed E-state index contributed by atoms with van der Waals surface area (Å²) in [4.78, 5) is 11.8. The van der Waals surface area contributed by atoms with Gasteiger partial charge >= 0.3 is 6.03 Å². The van der Waals surface area contributed by atoms with Crippen LogP contribution in [-0.2, 0) is 12.1 Å². The molecule has 0 bridgehead atoms. The molecule has 6 nitrogen and oxygen atoms in total. The number of hydrogen-bond donors (Lipinski definition) is 3. The van der Waals surface area contributed by atoms with E-state index in [0.29, 0.717) is 23.6 Å². The number of urea groups is 1. The zero-order valence-corrected chi connectivity index (χ0v) is 13.1. The van der Waals surface area contributed by atoms with E-state index < -0.39 is 11.6 Å². The Balaban J connectivity index is 1.84. The lowest BCUT2D eigenvalue weighted by Gasteiger charge is -2.21. The Morgan fingerprint density at radius 2 is 2.13 bits per heavy atom. The van der Waals surface area contributed by atoms with Crippen LogP contribution in [0.15, 0.2) is 40.8 Å². The zero-order valence-electron chi connectivity index (χ0n) is 13.1. The van der Waals surface area contributed by atoms with Crippen LogP contribution in [-0.4, -0.2) is 17.7 Å².